The van der Waals surface area contributed by atoms with Crippen LogP contribution in [-0.4, -0.2) is 20.2 Å². The molecule has 0 bridgehead atoms. The van der Waals surface area contributed by atoms with Gasteiger partial charge in [-0.2, -0.15) is 0 Å². The lowest BCUT2D eigenvalue weighted by atomic mass is 9.89. The van der Waals surface area contributed by atoms with Crippen LogP contribution in [0.2, 0.25) is 0 Å². The van der Waals surface area contributed by atoms with E-state index in [1.165, 1.54) is 0 Å². The monoisotopic (exact) mass is 267 g/mol. The van der Waals surface area contributed by atoms with E-state index in [1.807, 2.05) is 19.1 Å². The summed E-state index contributed by atoms with van der Waals surface area (Å²) in [6, 6.07) is 7.14. The van der Waals surface area contributed by atoms with E-state index >= 15 is 0 Å². The predicted octanol–water partition coefficient (Wildman–Crippen LogP) is 2.29. The summed E-state index contributed by atoms with van der Waals surface area (Å²) in [7, 11) is -3.22. The Kier molecular flexibility index (Phi) is 4.07. The van der Waals surface area contributed by atoms with E-state index in [9.17, 15) is 8.42 Å². The molecule has 2 rings (SSSR count). The minimum absolute atomic E-state index is 0.116. The van der Waals surface area contributed by atoms with Gasteiger partial charge in [-0.05, 0) is 44.4 Å². The predicted molar refractivity (Wildman–Crippen MR) is 73.2 cm³/mol. The van der Waals surface area contributed by atoms with Crippen LogP contribution in [0.3, 0.4) is 0 Å². The highest BCUT2D eigenvalue weighted by atomic mass is 32.2. The molecule has 100 valence electrons. The van der Waals surface area contributed by atoms with Gasteiger partial charge in [0.1, 0.15) is 0 Å². The summed E-state index contributed by atoms with van der Waals surface area (Å²) in [6.45, 7) is 2.43. The maximum Gasteiger partial charge on any atom is 0.181 e. The van der Waals surface area contributed by atoms with Crippen molar-refractivity contribution in [2.24, 2.45) is 11.7 Å². The largest absolute Gasteiger partial charge is 0.330 e. The Bertz CT molecular complexity index is 493. The van der Waals surface area contributed by atoms with Crippen LogP contribution in [0.25, 0.3) is 0 Å². The van der Waals surface area contributed by atoms with Crippen molar-refractivity contribution in [1.82, 2.24) is 0 Å². The quantitative estimate of drug-likeness (QED) is 0.914. The highest BCUT2D eigenvalue weighted by molar-refractivity contribution is 7.92. The third-order valence-corrected chi connectivity index (χ3v) is 6.24. The maximum atomic E-state index is 12.6. The van der Waals surface area contributed by atoms with E-state index in [0.29, 0.717) is 11.4 Å². The summed E-state index contributed by atoms with van der Waals surface area (Å²) >= 11 is 0. The molecule has 0 spiro atoms. The van der Waals surface area contributed by atoms with E-state index in [1.54, 1.807) is 12.1 Å². The van der Waals surface area contributed by atoms with Crippen LogP contribution >= 0.6 is 0 Å². The van der Waals surface area contributed by atoms with Gasteiger partial charge < -0.3 is 5.73 Å². The van der Waals surface area contributed by atoms with Crippen LogP contribution in [0.15, 0.2) is 29.2 Å². The Morgan fingerprint density at radius 2 is 1.78 bits per heavy atom. The number of nitrogens with two attached hydrogens (primary N) is 1. The zero-order valence-electron chi connectivity index (χ0n) is 10.8. The van der Waals surface area contributed by atoms with Crippen molar-refractivity contribution in [3.63, 3.8) is 0 Å². The first-order chi connectivity index (χ1) is 8.55. The Morgan fingerprint density at radius 3 is 2.39 bits per heavy atom. The van der Waals surface area contributed by atoms with E-state index in [0.717, 1.165) is 31.2 Å². The Morgan fingerprint density at radius 1 is 1.17 bits per heavy atom. The van der Waals surface area contributed by atoms with Gasteiger partial charge in [-0.25, -0.2) is 8.42 Å². The van der Waals surface area contributed by atoms with Gasteiger partial charge in [-0.15, -0.1) is 0 Å². The average molecular weight is 267 g/mol. The van der Waals surface area contributed by atoms with Gasteiger partial charge in [0.2, 0.25) is 0 Å². The van der Waals surface area contributed by atoms with Crippen molar-refractivity contribution in [3.8, 4) is 0 Å². The normalized spacial score (nSPS) is 25.0. The van der Waals surface area contributed by atoms with Gasteiger partial charge in [-0.3, -0.25) is 0 Å². The van der Waals surface area contributed by atoms with E-state index in [-0.39, 0.29) is 11.2 Å². The molecule has 0 heterocycles. The molecule has 2 N–H and O–H groups in total. The van der Waals surface area contributed by atoms with Crippen molar-refractivity contribution in [1.29, 1.82) is 0 Å². The molecule has 1 saturated carbocycles. The molecule has 0 amide bonds. The zero-order valence-corrected chi connectivity index (χ0v) is 11.6. The summed E-state index contributed by atoms with van der Waals surface area (Å²) in [4.78, 5) is 0.443. The topological polar surface area (TPSA) is 60.2 Å². The van der Waals surface area contributed by atoms with Crippen LogP contribution in [0.1, 0.15) is 31.2 Å². The molecular formula is C14H21NO2S. The molecule has 0 radical (unpaired) electrons. The second-order valence-electron chi connectivity index (χ2n) is 5.18. The van der Waals surface area contributed by atoms with Crippen molar-refractivity contribution in [2.45, 2.75) is 42.8 Å². The molecule has 18 heavy (non-hydrogen) atoms. The molecule has 2 unspecified atom stereocenters. The third-order valence-electron chi connectivity index (χ3n) is 3.89. The van der Waals surface area contributed by atoms with E-state index in [4.69, 9.17) is 5.73 Å². The van der Waals surface area contributed by atoms with Crippen LogP contribution in [0, 0.1) is 12.8 Å². The highest BCUT2D eigenvalue weighted by Gasteiger charge is 2.35. The van der Waals surface area contributed by atoms with Gasteiger partial charge in [0.25, 0.3) is 0 Å². The molecule has 0 aromatic heterocycles. The standard InChI is InChI=1S/C14H21NO2S/c1-11-6-8-13(9-7-11)18(16,17)14-5-3-2-4-12(14)10-15/h6-9,12,14H,2-5,10,15H2,1H3. The van der Waals surface area contributed by atoms with Gasteiger partial charge in [0.15, 0.2) is 9.84 Å². The lowest BCUT2D eigenvalue weighted by Gasteiger charge is -2.30. The maximum absolute atomic E-state index is 12.6. The molecule has 0 saturated heterocycles. The molecule has 4 heteroatoms. The number of hydrogen-bond acceptors (Lipinski definition) is 3. The molecule has 1 aliphatic rings. The number of rotatable bonds is 3. The minimum Gasteiger partial charge on any atom is -0.330 e. The van der Waals surface area contributed by atoms with Gasteiger partial charge in [-0.1, -0.05) is 30.5 Å². The average Bonchev–Trinajstić information content (AvgIpc) is 2.39. The summed E-state index contributed by atoms with van der Waals surface area (Å²) in [5.41, 5.74) is 6.80. The first-order valence-electron chi connectivity index (χ1n) is 6.56. The van der Waals surface area contributed by atoms with E-state index in [2.05, 4.69) is 0 Å². The van der Waals surface area contributed by atoms with Crippen molar-refractivity contribution < 1.29 is 8.42 Å². The molecule has 2 atom stereocenters. The van der Waals surface area contributed by atoms with Crippen LogP contribution in [0.5, 0.6) is 0 Å². The molecular weight excluding hydrogens is 246 g/mol. The van der Waals surface area contributed by atoms with E-state index < -0.39 is 9.84 Å². The van der Waals surface area contributed by atoms with Crippen LogP contribution in [0.4, 0.5) is 0 Å². The fourth-order valence-corrected chi connectivity index (χ4v) is 4.85. The molecule has 0 aliphatic heterocycles. The molecule has 1 fully saturated rings. The fourth-order valence-electron chi connectivity index (χ4n) is 2.75. The van der Waals surface area contributed by atoms with Crippen LogP contribution < -0.4 is 5.73 Å². The van der Waals surface area contributed by atoms with Crippen LogP contribution in [-0.2, 0) is 9.84 Å². The summed E-state index contributed by atoms with van der Waals surface area (Å²) < 4.78 is 25.2. The van der Waals surface area contributed by atoms with Crippen molar-refractivity contribution in [3.05, 3.63) is 29.8 Å². The second kappa shape index (κ2) is 5.41. The lowest BCUT2D eigenvalue weighted by Crippen LogP contribution is -2.37. The van der Waals surface area contributed by atoms with Gasteiger partial charge in [0, 0.05) is 0 Å². The molecule has 1 aliphatic carbocycles. The Labute approximate surface area is 109 Å². The SMILES string of the molecule is Cc1ccc(S(=O)(=O)C2CCCCC2CN)cc1. The zero-order chi connectivity index (χ0) is 13.2. The number of hydrogen-bond donors (Lipinski definition) is 1. The first kappa shape index (κ1) is 13.6. The number of sulfone groups is 1. The van der Waals surface area contributed by atoms with Gasteiger partial charge >= 0.3 is 0 Å². The summed E-state index contributed by atoms with van der Waals surface area (Å²) in [6.07, 6.45) is 3.78. The fraction of sp³-hybridized carbons (Fsp3) is 0.571. The first-order valence-corrected chi connectivity index (χ1v) is 8.11. The Hall–Kier alpha value is -0.870. The third kappa shape index (κ3) is 2.59. The van der Waals surface area contributed by atoms with Gasteiger partial charge in [0.05, 0.1) is 10.1 Å². The highest BCUT2D eigenvalue weighted by Crippen LogP contribution is 2.32. The summed E-state index contributed by atoms with van der Waals surface area (Å²) in [5, 5.41) is -0.293. The molecule has 1 aromatic rings. The second-order valence-corrected chi connectivity index (χ2v) is 7.34. The summed E-state index contributed by atoms with van der Waals surface area (Å²) in [5.74, 6) is 0.116. The molecule has 1 aromatic carbocycles. The number of aryl methyl sites for hydroxylation is 1. The number of benzene rings is 1. The van der Waals surface area contributed by atoms with Crippen molar-refractivity contribution >= 4 is 9.84 Å². The lowest BCUT2D eigenvalue weighted by molar-refractivity contribution is 0.363. The smallest absolute Gasteiger partial charge is 0.181 e. The molecule has 3 nitrogen and oxygen atoms in total. The minimum atomic E-state index is -3.22. The van der Waals surface area contributed by atoms with Crippen molar-refractivity contribution in [2.75, 3.05) is 6.54 Å². The Balaban J connectivity index is 2.32.